The predicted molar refractivity (Wildman–Crippen MR) is 57.2 cm³/mol. The van der Waals surface area contributed by atoms with Gasteiger partial charge in [0, 0.05) is 6.54 Å². The minimum absolute atomic E-state index is 0.126. The van der Waals surface area contributed by atoms with Crippen molar-refractivity contribution in [2.75, 3.05) is 19.8 Å². The van der Waals surface area contributed by atoms with Crippen molar-refractivity contribution in [2.45, 2.75) is 26.3 Å². The first-order chi connectivity index (χ1) is 7.50. The highest BCUT2D eigenvalue weighted by atomic mass is 16.5. The standard InChI is InChI=1S/C10H18N2O4/c1-3-4-11-9(15)12-7-5-16-6-10(7,2)8(13)14/h7H,3-6H2,1-2H3,(H,13,14)(H2,11,12,15). The quantitative estimate of drug-likeness (QED) is 0.643. The second kappa shape index (κ2) is 5.16. The molecule has 1 aliphatic heterocycles. The molecule has 6 nitrogen and oxygen atoms in total. The monoisotopic (exact) mass is 230 g/mol. The van der Waals surface area contributed by atoms with E-state index in [1.165, 1.54) is 0 Å². The van der Waals surface area contributed by atoms with Crippen LogP contribution in [0.25, 0.3) is 0 Å². The first-order valence-electron chi connectivity index (χ1n) is 5.36. The van der Waals surface area contributed by atoms with E-state index < -0.39 is 17.4 Å². The van der Waals surface area contributed by atoms with Crippen LogP contribution in [0.1, 0.15) is 20.3 Å². The number of carbonyl (C=O) groups excluding carboxylic acids is 1. The summed E-state index contributed by atoms with van der Waals surface area (Å²) >= 11 is 0. The van der Waals surface area contributed by atoms with Gasteiger partial charge in [-0.2, -0.15) is 0 Å². The maximum Gasteiger partial charge on any atom is 0.315 e. The molecule has 0 aromatic heterocycles. The number of aliphatic carboxylic acids is 1. The zero-order valence-electron chi connectivity index (χ0n) is 9.58. The van der Waals surface area contributed by atoms with Crippen molar-refractivity contribution in [2.24, 2.45) is 5.41 Å². The van der Waals surface area contributed by atoms with E-state index >= 15 is 0 Å². The van der Waals surface area contributed by atoms with Crippen LogP contribution in [0.15, 0.2) is 0 Å². The topological polar surface area (TPSA) is 87.7 Å². The Labute approximate surface area is 94.3 Å². The highest BCUT2D eigenvalue weighted by molar-refractivity contribution is 5.79. The highest BCUT2D eigenvalue weighted by Gasteiger charge is 2.47. The smallest absolute Gasteiger partial charge is 0.315 e. The molecule has 6 heteroatoms. The molecule has 0 aromatic carbocycles. The lowest BCUT2D eigenvalue weighted by molar-refractivity contribution is -0.148. The molecular weight excluding hydrogens is 212 g/mol. The minimum Gasteiger partial charge on any atom is -0.481 e. The Morgan fingerprint density at radius 3 is 2.81 bits per heavy atom. The second-order valence-electron chi connectivity index (χ2n) is 4.19. The van der Waals surface area contributed by atoms with Gasteiger partial charge in [-0.3, -0.25) is 4.79 Å². The molecule has 0 bridgehead atoms. The Bertz CT molecular complexity index is 282. The van der Waals surface area contributed by atoms with Crippen molar-refractivity contribution in [3.63, 3.8) is 0 Å². The molecule has 92 valence electrons. The lowest BCUT2D eigenvalue weighted by Crippen LogP contribution is -2.52. The number of carboxylic acids is 1. The highest BCUT2D eigenvalue weighted by Crippen LogP contribution is 2.28. The van der Waals surface area contributed by atoms with E-state index in [0.717, 1.165) is 6.42 Å². The summed E-state index contributed by atoms with van der Waals surface area (Å²) in [7, 11) is 0. The number of carbonyl (C=O) groups is 2. The van der Waals surface area contributed by atoms with E-state index in [4.69, 9.17) is 9.84 Å². The fraction of sp³-hybridized carbons (Fsp3) is 0.800. The third-order valence-corrected chi connectivity index (χ3v) is 2.78. The Kier molecular flexibility index (Phi) is 4.12. The number of rotatable bonds is 4. The Morgan fingerprint density at radius 1 is 1.56 bits per heavy atom. The van der Waals surface area contributed by atoms with Crippen molar-refractivity contribution < 1.29 is 19.4 Å². The van der Waals surface area contributed by atoms with Gasteiger partial charge >= 0.3 is 12.0 Å². The van der Waals surface area contributed by atoms with Crippen LogP contribution in [0.2, 0.25) is 0 Å². The molecule has 0 aromatic rings. The SMILES string of the molecule is CCCNC(=O)NC1COCC1(C)C(=O)O. The lowest BCUT2D eigenvalue weighted by atomic mass is 9.85. The molecule has 16 heavy (non-hydrogen) atoms. The number of amides is 2. The molecular formula is C10H18N2O4. The zero-order valence-corrected chi connectivity index (χ0v) is 9.58. The molecule has 1 aliphatic rings. The molecule has 0 aliphatic carbocycles. The second-order valence-corrected chi connectivity index (χ2v) is 4.19. The Balaban J connectivity index is 2.53. The molecule has 0 saturated carbocycles. The van der Waals surface area contributed by atoms with Crippen LogP contribution in [0.4, 0.5) is 4.79 Å². The van der Waals surface area contributed by atoms with Crippen LogP contribution in [-0.4, -0.2) is 42.9 Å². The molecule has 3 N–H and O–H groups in total. The largest absolute Gasteiger partial charge is 0.481 e. The number of hydrogen-bond donors (Lipinski definition) is 3. The van der Waals surface area contributed by atoms with Gasteiger partial charge in [0.1, 0.15) is 5.41 Å². The van der Waals surface area contributed by atoms with Gasteiger partial charge < -0.3 is 20.5 Å². The summed E-state index contributed by atoms with van der Waals surface area (Å²) in [5, 5.41) is 14.3. The van der Waals surface area contributed by atoms with Gasteiger partial charge in [-0.25, -0.2) is 4.79 Å². The molecule has 1 rings (SSSR count). The molecule has 1 fully saturated rings. The Hall–Kier alpha value is -1.30. The average Bonchev–Trinajstić information content (AvgIpc) is 2.59. The predicted octanol–water partition coefficient (Wildman–Crippen LogP) is 0.185. The van der Waals surface area contributed by atoms with E-state index in [0.29, 0.717) is 6.54 Å². The van der Waals surface area contributed by atoms with Gasteiger partial charge in [-0.05, 0) is 13.3 Å². The summed E-state index contributed by atoms with van der Waals surface area (Å²) < 4.78 is 5.12. The lowest BCUT2D eigenvalue weighted by Gasteiger charge is -2.25. The van der Waals surface area contributed by atoms with E-state index in [-0.39, 0.29) is 19.2 Å². The van der Waals surface area contributed by atoms with E-state index in [1.807, 2.05) is 6.92 Å². The fourth-order valence-electron chi connectivity index (χ4n) is 1.53. The summed E-state index contributed by atoms with van der Waals surface area (Å²) in [5.41, 5.74) is -1.04. The number of urea groups is 1. The molecule has 0 radical (unpaired) electrons. The van der Waals surface area contributed by atoms with E-state index in [2.05, 4.69) is 10.6 Å². The first kappa shape index (κ1) is 12.8. The van der Waals surface area contributed by atoms with Crippen LogP contribution in [0.3, 0.4) is 0 Å². The summed E-state index contributed by atoms with van der Waals surface area (Å²) in [6, 6.07) is -0.827. The summed E-state index contributed by atoms with van der Waals surface area (Å²) in [6.07, 6.45) is 0.838. The molecule has 2 atom stereocenters. The normalized spacial score (nSPS) is 28.8. The van der Waals surface area contributed by atoms with Gasteiger partial charge in [-0.1, -0.05) is 6.92 Å². The van der Waals surface area contributed by atoms with Crippen molar-refractivity contribution in [1.82, 2.24) is 10.6 Å². The minimum atomic E-state index is -1.04. The van der Waals surface area contributed by atoms with Crippen molar-refractivity contribution in [1.29, 1.82) is 0 Å². The Morgan fingerprint density at radius 2 is 2.25 bits per heavy atom. The summed E-state index contributed by atoms with van der Waals surface area (Å²) in [5.74, 6) is -0.953. The molecule has 1 saturated heterocycles. The van der Waals surface area contributed by atoms with Gasteiger partial charge in [0.2, 0.25) is 0 Å². The van der Waals surface area contributed by atoms with E-state index in [1.54, 1.807) is 6.92 Å². The summed E-state index contributed by atoms with van der Waals surface area (Å²) in [4.78, 5) is 22.5. The number of nitrogens with one attached hydrogen (secondary N) is 2. The number of ether oxygens (including phenoxy) is 1. The number of carboxylic acid groups (broad SMARTS) is 1. The first-order valence-corrected chi connectivity index (χ1v) is 5.36. The van der Waals surface area contributed by atoms with E-state index in [9.17, 15) is 9.59 Å². The summed E-state index contributed by atoms with van der Waals surface area (Å²) in [6.45, 7) is 4.46. The maximum atomic E-state index is 11.4. The maximum absolute atomic E-state index is 11.4. The third kappa shape index (κ3) is 2.63. The van der Waals surface area contributed by atoms with Crippen LogP contribution < -0.4 is 10.6 Å². The molecule has 2 amide bonds. The van der Waals surface area contributed by atoms with Gasteiger partial charge in [0.25, 0.3) is 0 Å². The zero-order chi connectivity index (χ0) is 12.2. The number of hydrogen-bond acceptors (Lipinski definition) is 3. The van der Waals surface area contributed by atoms with Crippen molar-refractivity contribution in [3.8, 4) is 0 Å². The third-order valence-electron chi connectivity index (χ3n) is 2.78. The fourth-order valence-corrected chi connectivity index (χ4v) is 1.53. The van der Waals surface area contributed by atoms with Gasteiger partial charge in [0.15, 0.2) is 0 Å². The van der Waals surface area contributed by atoms with Gasteiger partial charge in [0.05, 0.1) is 19.3 Å². The van der Waals surface area contributed by atoms with Crippen LogP contribution in [-0.2, 0) is 9.53 Å². The molecule has 1 heterocycles. The van der Waals surface area contributed by atoms with Crippen molar-refractivity contribution >= 4 is 12.0 Å². The van der Waals surface area contributed by atoms with Crippen LogP contribution in [0, 0.1) is 5.41 Å². The van der Waals surface area contributed by atoms with Crippen molar-refractivity contribution in [3.05, 3.63) is 0 Å². The van der Waals surface area contributed by atoms with Crippen LogP contribution >= 0.6 is 0 Å². The molecule has 0 spiro atoms. The van der Waals surface area contributed by atoms with Gasteiger partial charge in [-0.15, -0.1) is 0 Å². The van der Waals surface area contributed by atoms with Crippen LogP contribution in [0.5, 0.6) is 0 Å². The molecule has 2 unspecified atom stereocenters. The average molecular weight is 230 g/mol.